The SMILES string of the molecule is O=C(O)/C=C/C(=O)Nc1ccnn1C1CNC1. The molecule has 2 heterocycles. The van der Waals surface area contributed by atoms with Crippen molar-refractivity contribution in [3.05, 3.63) is 24.4 Å². The fourth-order valence-electron chi connectivity index (χ4n) is 1.47. The van der Waals surface area contributed by atoms with Crippen LogP contribution in [0.25, 0.3) is 0 Å². The third kappa shape index (κ3) is 2.70. The number of nitrogens with zero attached hydrogens (tertiary/aromatic N) is 2. The van der Waals surface area contributed by atoms with Gasteiger partial charge in [0.25, 0.3) is 0 Å². The van der Waals surface area contributed by atoms with Gasteiger partial charge in [0.1, 0.15) is 5.82 Å². The maximum absolute atomic E-state index is 11.4. The van der Waals surface area contributed by atoms with Crippen molar-refractivity contribution in [2.45, 2.75) is 6.04 Å². The van der Waals surface area contributed by atoms with E-state index in [0.717, 1.165) is 25.2 Å². The fourth-order valence-corrected chi connectivity index (χ4v) is 1.47. The largest absolute Gasteiger partial charge is 0.478 e. The maximum atomic E-state index is 11.4. The second-order valence-corrected chi connectivity index (χ2v) is 3.63. The van der Waals surface area contributed by atoms with Gasteiger partial charge in [-0.25, -0.2) is 9.48 Å². The number of carboxylic acid groups (broad SMARTS) is 1. The highest BCUT2D eigenvalue weighted by molar-refractivity contribution is 6.01. The summed E-state index contributed by atoms with van der Waals surface area (Å²) < 4.78 is 1.71. The van der Waals surface area contributed by atoms with E-state index >= 15 is 0 Å². The van der Waals surface area contributed by atoms with Gasteiger partial charge in [0.2, 0.25) is 5.91 Å². The molecule has 3 N–H and O–H groups in total. The van der Waals surface area contributed by atoms with Crippen molar-refractivity contribution in [1.29, 1.82) is 0 Å². The van der Waals surface area contributed by atoms with E-state index in [4.69, 9.17) is 5.11 Å². The molecular formula is C10H12N4O3. The standard InChI is InChI=1S/C10H12N4O3/c15-9(1-2-10(16)17)13-8-3-4-12-14(8)7-5-11-6-7/h1-4,7,11H,5-6H2,(H,13,15)(H,16,17)/b2-1+. The Morgan fingerprint density at radius 1 is 1.53 bits per heavy atom. The molecule has 17 heavy (non-hydrogen) atoms. The number of hydrogen-bond donors (Lipinski definition) is 3. The summed E-state index contributed by atoms with van der Waals surface area (Å²) in [6.45, 7) is 1.63. The van der Waals surface area contributed by atoms with E-state index in [1.54, 1.807) is 16.9 Å². The van der Waals surface area contributed by atoms with Crippen LogP contribution in [0.1, 0.15) is 6.04 Å². The predicted molar refractivity (Wildman–Crippen MR) is 59.5 cm³/mol. The summed E-state index contributed by atoms with van der Waals surface area (Å²) in [6, 6.07) is 1.91. The number of amides is 1. The molecule has 0 aromatic carbocycles. The second-order valence-electron chi connectivity index (χ2n) is 3.63. The summed E-state index contributed by atoms with van der Waals surface area (Å²) in [7, 11) is 0. The predicted octanol–water partition coefficient (Wildman–Crippen LogP) is -0.393. The molecule has 2 rings (SSSR count). The number of rotatable bonds is 4. The first-order valence-electron chi connectivity index (χ1n) is 5.13. The van der Waals surface area contributed by atoms with Gasteiger partial charge in [-0.05, 0) is 0 Å². The topological polar surface area (TPSA) is 96.2 Å². The average molecular weight is 236 g/mol. The van der Waals surface area contributed by atoms with Crippen molar-refractivity contribution in [2.75, 3.05) is 18.4 Å². The van der Waals surface area contributed by atoms with E-state index in [1.807, 2.05) is 0 Å². The van der Waals surface area contributed by atoms with Crippen molar-refractivity contribution in [2.24, 2.45) is 0 Å². The Balaban J connectivity index is 2.00. The van der Waals surface area contributed by atoms with Gasteiger partial charge in [-0.2, -0.15) is 5.10 Å². The summed E-state index contributed by atoms with van der Waals surface area (Å²) in [5.74, 6) is -1.07. The molecule has 1 fully saturated rings. The number of aliphatic carboxylic acids is 1. The average Bonchev–Trinajstić information content (AvgIpc) is 2.61. The molecular weight excluding hydrogens is 224 g/mol. The first kappa shape index (κ1) is 11.3. The Bertz CT molecular complexity index is 462. The molecule has 1 aromatic heterocycles. The van der Waals surface area contributed by atoms with Gasteiger partial charge in [0, 0.05) is 31.3 Å². The van der Waals surface area contributed by atoms with Gasteiger partial charge < -0.3 is 15.7 Å². The molecule has 1 saturated heterocycles. The molecule has 7 nitrogen and oxygen atoms in total. The Hall–Kier alpha value is -2.15. The van der Waals surface area contributed by atoms with Crippen molar-refractivity contribution < 1.29 is 14.7 Å². The normalized spacial score (nSPS) is 15.8. The minimum Gasteiger partial charge on any atom is -0.478 e. The molecule has 1 aliphatic heterocycles. The number of carboxylic acids is 1. The van der Waals surface area contributed by atoms with E-state index in [-0.39, 0.29) is 6.04 Å². The van der Waals surface area contributed by atoms with Crippen LogP contribution in [0.3, 0.4) is 0 Å². The molecule has 0 spiro atoms. The van der Waals surface area contributed by atoms with Gasteiger partial charge in [0.05, 0.1) is 12.2 Å². The number of anilines is 1. The molecule has 7 heteroatoms. The third-order valence-corrected chi connectivity index (χ3v) is 2.40. The highest BCUT2D eigenvalue weighted by atomic mass is 16.4. The van der Waals surface area contributed by atoms with Crippen molar-refractivity contribution >= 4 is 17.7 Å². The van der Waals surface area contributed by atoms with E-state index in [2.05, 4.69) is 15.7 Å². The Morgan fingerprint density at radius 2 is 2.29 bits per heavy atom. The molecule has 0 bridgehead atoms. The van der Waals surface area contributed by atoms with E-state index in [0.29, 0.717) is 5.82 Å². The zero-order valence-corrected chi connectivity index (χ0v) is 8.96. The number of hydrogen-bond acceptors (Lipinski definition) is 4. The number of carbonyl (C=O) groups is 2. The summed E-state index contributed by atoms with van der Waals surface area (Å²) in [5, 5.41) is 18.2. The van der Waals surface area contributed by atoms with Crippen LogP contribution in [0.15, 0.2) is 24.4 Å². The van der Waals surface area contributed by atoms with Crippen molar-refractivity contribution in [3.8, 4) is 0 Å². The van der Waals surface area contributed by atoms with E-state index in [1.165, 1.54) is 0 Å². The van der Waals surface area contributed by atoms with Gasteiger partial charge >= 0.3 is 5.97 Å². The third-order valence-electron chi connectivity index (χ3n) is 2.40. The fraction of sp³-hybridized carbons (Fsp3) is 0.300. The zero-order valence-electron chi connectivity index (χ0n) is 8.96. The highest BCUT2D eigenvalue weighted by Crippen LogP contribution is 2.17. The molecule has 0 atom stereocenters. The van der Waals surface area contributed by atoms with Gasteiger partial charge in [0.15, 0.2) is 0 Å². The van der Waals surface area contributed by atoms with Gasteiger partial charge in [-0.15, -0.1) is 0 Å². The number of carbonyl (C=O) groups excluding carboxylic acids is 1. The first-order chi connectivity index (χ1) is 8.16. The molecule has 1 aromatic rings. The maximum Gasteiger partial charge on any atom is 0.328 e. The summed E-state index contributed by atoms with van der Waals surface area (Å²) >= 11 is 0. The lowest BCUT2D eigenvalue weighted by atomic mass is 10.2. The lowest BCUT2D eigenvalue weighted by Crippen LogP contribution is -2.44. The Labute approximate surface area is 97.1 Å². The Kier molecular flexibility index (Phi) is 3.20. The first-order valence-corrected chi connectivity index (χ1v) is 5.13. The highest BCUT2D eigenvalue weighted by Gasteiger charge is 2.21. The number of nitrogens with one attached hydrogen (secondary N) is 2. The van der Waals surface area contributed by atoms with Crippen LogP contribution in [-0.4, -0.2) is 39.9 Å². The lowest BCUT2D eigenvalue weighted by molar-refractivity contribution is -0.131. The molecule has 0 unspecified atom stereocenters. The Morgan fingerprint density at radius 3 is 2.88 bits per heavy atom. The van der Waals surface area contributed by atoms with Crippen molar-refractivity contribution in [3.63, 3.8) is 0 Å². The van der Waals surface area contributed by atoms with E-state index in [9.17, 15) is 9.59 Å². The second kappa shape index (κ2) is 4.79. The molecule has 1 amide bonds. The summed E-state index contributed by atoms with van der Waals surface area (Å²) in [5.41, 5.74) is 0. The van der Waals surface area contributed by atoms with Crippen LogP contribution >= 0.6 is 0 Å². The van der Waals surface area contributed by atoms with Crippen LogP contribution in [0.2, 0.25) is 0 Å². The molecule has 1 aliphatic rings. The lowest BCUT2D eigenvalue weighted by Gasteiger charge is -2.28. The summed E-state index contributed by atoms with van der Waals surface area (Å²) in [6.07, 6.45) is 3.36. The smallest absolute Gasteiger partial charge is 0.328 e. The minimum absolute atomic E-state index is 0.240. The van der Waals surface area contributed by atoms with Crippen LogP contribution in [-0.2, 0) is 9.59 Å². The molecule has 0 radical (unpaired) electrons. The van der Waals surface area contributed by atoms with E-state index < -0.39 is 11.9 Å². The van der Waals surface area contributed by atoms with Crippen LogP contribution < -0.4 is 10.6 Å². The monoisotopic (exact) mass is 236 g/mol. The van der Waals surface area contributed by atoms with Gasteiger partial charge in [-0.1, -0.05) is 0 Å². The van der Waals surface area contributed by atoms with Crippen LogP contribution in [0.4, 0.5) is 5.82 Å². The summed E-state index contributed by atoms with van der Waals surface area (Å²) in [4.78, 5) is 21.6. The molecule has 0 saturated carbocycles. The van der Waals surface area contributed by atoms with Crippen LogP contribution in [0, 0.1) is 0 Å². The van der Waals surface area contributed by atoms with Crippen molar-refractivity contribution in [1.82, 2.24) is 15.1 Å². The van der Waals surface area contributed by atoms with Crippen LogP contribution in [0.5, 0.6) is 0 Å². The zero-order chi connectivity index (χ0) is 12.3. The number of aromatic nitrogens is 2. The molecule has 90 valence electrons. The minimum atomic E-state index is -1.16. The quantitative estimate of drug-likeness (QED) is 0.618. The molecule has 0 aliphatic carbocycles. The van der Waals surface area contributed by atoms with Gasteiger partial charge in [-0.3, -0.25) is 4.79 Å².